The predicted octanol–water partition coefficient (Wildman–Crippen LogP) is 1.88. The van der Waals surface area contributed by atoms with Crippen LogP contribution >= 0.6 is 0 Å². The van der Waals surface area contributed by atoms with E-state index in [0.717, 1.165) is 19.7 Å². The first-order valence-electron chi connectivity index (χ1n) is 6.69. The summed E-state index contributed by atoms with van der Waals surface area (Å²) in [4.78, 5) is 2.60. The Hall–Kier alpha value is -0.120. The maximum Gasteiger partial charge on any atom is 0.0617 e. The minimum atomic E-state index is 0.333. The summed E-state index contributed by atoms with van der Waals surface area (Å²) in [5.41, 5.74) is 0.333. The smallest absolute Gasteiger partial charge is 0.0617 e. The fourth-order valence-electron chi connectivity index (χ4n) is 2.70. The molecule has 1 rings (SSSR count). The van der Waals surface area contributed by atoms with Crippen molar-refractivity contribution in [1.29, 1.82) is 0 Å². The molecule has 0 saturated carbocycles. The minimum Gasteiger partial charge on any atom is -0.383 e. The third kappa shape index (κ3) is 3.19. The summed E-state index contributed by atoms with van der Waals surface area (Å²) in [5, 5.41) is 3.70. The van der Waals surface area contributed by atoms with E-state index in [4.69, 9.17) is 4.74 Å². The van der Waals surface area contributed by atoms with E-state index >= 15 is 0 Å². The van der Waals surface area contributed by atoms with Crippen molar-refractivity contribution in [2.24, 2.45) is 0 Å². The highest BCUT2D eigenvalue weighted by molar-refractivity contribution is 4.94. The van der Waals surface area contributed by atoms with Crippen molar-refractivity contribution >= 4 is 0 Å². The lowest BCUT2D eigenvalue weighted by molar-refractivity contribution is 0.0400. The molecule has 1 unspecified atom stereocenters. The second kappa shape index (κ2) is 6.58. The lowest BCUT2D eigenvalue weighted by Crippen LogP contribution is -2.62. The summed E-state index contributed by atoms with van der Waals surface area (Å²) >= 11 is 0. The van der Waals surface area contributed by atoms with Crippen molar-refractivity contribution in [1.82, 2.24) is 10.2 Å². The van der Waals surface area contributed by atoms with Gasteiger partial charge < -0.3 is 10.1 Å². The van der Waals surface area contributed by atoms with E-state index in [-0.39, 0.29) is 0 Å². The fraction of sp³-hybridized carbons (Fsp3) is 1.00. The zero-order chi connectivity index (χ0) is 12.0. The quantitative estimate of drug-likeness (QED) is 0.751. The van der Waals surface area contributed by atoms with Gasteiger partial charge in [0.05, 0.1) is 6.61 Å². The summed E-state index contributed by atoms with van der Waals surface area (Å²) in [6.45, 7) is 11.1. The number of ether oxygens (including phenoxy) is 1. The molecule has 1 heterocycles. The topological polar surface area (TPSA) is 24.5 Å². The molecular formula is C13H28N2O. The maximum atomic E-state index is 5.32. The summed E-state index contributed by atoms with van der Waals surface area (Å²) in [7, 11) is 1.80. The van der Waals surface area contributed by atoms with E-state index in [1.54, 1.807) is 7.11 Å². The molecule has 1 aliphatic heterocycles. The van der Waals surface area contributed by atoms with Gasteiger partial charge in [-0.05, 0) is 19.3 Å². The van der Waals surface area contributed by atoms with Gasteiger partial charge in [0.25, 0.3) is 0 Å². The third-order valence-corrected chi connectivity index (χ3v) is 4.11. The van der Waals surface area contributed by atoms with Crippen LogP contribution in [-0.4, -0.2) is 49.8 Å². The maximum absolute atomic E-state index is 5.32. The average molecular weight is 228 g/mol. The molecule has 1 N–H and O–H groups in total. The van der Waals surface area contributed by atoms with Crippen LogP contribution in [0, 0.1) is 0 Å². The summed E-state index contributed by atoms with van der Waals surface area (Å²) in [6, 6.07) is 0.588. The lowest BCUT2D eigenvalue weighted by atomic mass is 9.89. The first kappa shape index (κ1) is 13.9. The minimum absolute atomic E-state index is 0.333. The Morgan fingerprint density at radius 1 is 1.31 bits per heavy atom. The van der Waals surface area contributed by atoms with Gasteiger partial charge in [-0.2, -0.15) is 0 Å². The van der Waals surface area contributed by atoms with Gasteiger partial charge in [0, 0.05) is 38.3 Å². The van der Waals surface area contributed by atoms with Crippen LogP contribution in [0.25, 0.3) is 0 Å². The number of rotatable bonds is 6. The van der Waals surface area contributed by atoms with Crippen LogP contribution in [0.5, 0.6) is 0 Å². The Bertz CT molecular complexity index is 192. The summed E-state index contributed by atoms with van der Waals surface area (Å²) in [6.07, 6.45) is 3.60. The van der Waals surface area contributed by atoms with Gasteiger partial charge in [-0.15, -0.1) is 0 Å². The van der Waals surface area contributed by atoms with Gasteiger partial charge in [-0.1, -0.05) is 20.8 Å². The fourth-order valence-corrected chi connectivity index (χ4v) is 2.70. The Morgan fingerprint density at radius 2 is 2.00 bits per heavy atom. The van der Waals surface area contributed by atoms with E-state index in [1.807, 2.05) is 0 Å². The van der Waals surface area contributed by atoms with Gasteiger partial charge in [0.1, 0.15) is 0 Å². The number of piperazine rings is 1. The highest BCUT2D eigenvalue weighted by atomic mass is 16.5. The van der Waals surface area contributed by atoms with Crippen LogP contribution in [0.3, 0.4) is 0 Å². The zero-order valence-electron chi connectivity index (χ0n) is 11.4. The molecule has 0 amide bonds. The standard InChI is InChI=1S/C13H28N2O/c1-5-12(10-16-4)15-9-8-14-13(6-2,7-3)11-15/h12,14H,5-11H2,1-4H3. The van der Waals surface area contributed by atoms with E-state index in [1.165, 1.54) is 25.8 Å². The van der Waals surface area contributed by atoms with Crippen molar-refractivity contribution < 1.29 is 4.74 Å². The molecule has 1 aliphatic rings. The van der Waals surface area contributed by atoms with Crippen LogP contribution < -0.4 is 5.32 Å². The van der Waals surface area contributed by atoms with Crippen LogP contribution in [0.15, 0.2) is 0 Å². The number of hydrogen-bond donors (Lipinski definition) is 1. The van der Waals surface area contributed by atoms with Crippen LogP contribution in [0.2, 0.25) is 0 Å². The van der Waals surface area contributed by atoms with E-state index < -0.39 is 0 Å². The molecule has 1 saturated heterocycles. The van der Waals surface area contributed by atoms with Crippen molar-refractivity contribution in [2.75, 3.05) is 33.4 Å². The second-order valence-electron chi connectivity index (χ2n) is 4.90. The highest BCUT2D eigenvalue weighted by Gasteiger charge is 2.33. The molecule has 96 valence electrons. The summed E-state index contributed by atoms with van der Waals surface area (Å²) < 4.78 is 5.32. The van der Waals surface area contributed by atoms with Gasteiger partial charge in [0.15, 0.2) is 0 Å². The first-order chi connectivity index (χ1) is 7.71. The molecule has 0 spiro atoms. The Balaban J connectivity index is 2.60. The molecular weight excluding hydrogens is 200 g/mol. The average Bonchev–Trinajstić information content (AvgIpc) is 2.36. The Kier molecular flexibility index (Phi) is 5.73. The van der Waals surface area contributed by atoms with Crippen LogP contribution in [0.1, 0.15) is 40.0 Å². The van der Waals surface area contributed by atoms with Gasteiger partial charge in [-0.25, -0.2) is 0 Å². The van der Waals surface area contributed by atoms with Gasteiger partial charge in [-0.3, -0.25) is 4.90 Å². The van der Waals surface area contributed by atoms with Crippen molar-refractivity contribution in [3.05, 3.63) is 0 Å². The van der Waals surface area contributed by atoms with Crippen molar-refractivity contribution in [3.63, 3.8) is 0 Å². The molecule has 0 bridgehead atoms. The van der Waals surface area contributed by atoms with Gasteiger partial charge in [0.2, 0.25) is 0 Å². The molecule has 1 fully saturated rings. The SMILES string of the molecule is CCC(COC)N1CCNC(CC)(CC)C1. The molecule has 0 aromatic rings. The Morgan fingerprint density at radius 3 is 2.50 bits per heavy atom. The number of nitrogens with zero attached hydrogens (tertiary/aromatic N) is 1. The molecule has 0 aliphatic carbocycles. The van der Waals surface area contributed by atoms with E-state index in [2.05, 4.69) is 31.0 Å². The number of hydrogen-bond acceptors (Lipinski definition) is 3. The molecule has 0 radical (unpaired) electrons. The van der Waals surface area contributed by atoms with Crippen LogP contribution in [0.4, 0.5) is 0 Å². The second-order valence-corrected chi connectivity index (χ2v) is 4.90. The predicted molar refractivity (Wildman–Crippen MR) is 68.8 cm³/mol. The summed E-state index contributed by atoms with van der Waals surface area (Å²) in [5.74, 6) is 0. The number of methoxy groups -OCH3 is 1. The van der Waals surface area contributed by atoms with Crippen molar-refractivity contribution in [3.8, 4) is 0 Å². The van der Waals surface area contributed by atoms with Crippen LogP contribution in [-0.2, 0) is 4.74 Å². The lowest BCUT2D eigenvalue weighted by Gasteiger charge is -2.45. The van der Waals surface area contributed by atoms with E-state index in [9.17, 15) is 0 Å². The normalized spacial score (nSPS) is 23.2. The third-order valence-electron chi connectivity index (χ3n) is 4.11. The zero-order valence-corrected chi connectivity index (χ0v) is 11.4. The molecule has 1 atom stereocenters. The first-order valence-corrected chi connectivity index (χ1v) is 6.69. The van der Waals surface area contributed by atoms with Crippen molar-refractivity contribution in [2.45, 2.75) is 51.6 Å². The largest absolute Gasteiger partial charge is 0.383 e. The van der Waals surface area contributed by atoms with E-state index in [0.29, 0.717) is 11.6 Å². The number of nitrogens with one attached hydrogen (secondary N) is 1. The molecule has 16 heavy (non-hydrogen) atoms. The van der Waals surface area contributed by atoms with Gasteiger partial charge >= 0.3 is 0 Å². The highest BCUT2D eigenvalue weighted by Crippen LogP contribution is 2.22. The molecule has 0 aromatic heterocycles. The molecule has 3 heteroatoms. The molecule has 3 nitrogen and oxygen atoms in total. The monoisotopic (exact) mass is 228 g/mol. The molecule has 0 aromatic carbocycles. The Labute approximate surface area is 101 Å².